The van der Waals surface area contributed by atoms with Crippen LogP contribution in [0, 0.1) is 11.8 Å². The molecule has 0 radical (unpaired) electrons. The van der Waals surface area contributed by atoms with E-state index in [-0.39, 0.29) is 18.3 Å². The first-order valence-corrected chi connectivity index (χ1v) is 9.07. The van der Waals surface area contributed by atoms with E-state index in [2.05, 4.69) is 23.5 Å². The molecule has 4 rings (SSSR count). The van der Waals surface area contributed by atoms with Crippen LogP contribution in [0.5, 0.6) is 5.75 Å². The van der Waals surface area contributed by atoms with Crippen LogP contribution in [-0.2, 0) is 4.79 Å². The molecule has 2 aromatic carbocycles. The number of fused-ring (bicyclic) bond motifs is 1. The molecule has 0 bridgehead atoms. The van der Waals surface area contributed by atoms with Crippen LogP contribution in [0.4, 0.5) is 0 Å². The van der Waals surface area contributed by atoms with Gasteiger partial charge < -0.3 is 15.0 Å². The topological polar surface area (TPSA) is 41.6 Å². The lowest BCUT2D eigenvalue weighted by Crippen LogP contribution is -2.32. The molecule has 2 atom stereocenters. The summed E-state index contributed by atoms with van der Waals surface area (Å²) in [7, 11) is 0. The third-order valence-electron chi connectivity index (χ3n) is 5.29. The minimum Gasteiger partial charge on any atom is -0.492 e. The van der Waals surface area contributed by atoms with Crippen LogP contribution in [0.1, 0.15) is 6.42 Å². The maximum absolute atomic E-state index is 12.4. The van der Waals surface area contributed by atoms with E-state index < -0.39 is 0 Å². The average Bonchev–Trinajstić information content (AvgIpc) is 3.25. The minimum atomic E-state index is 0. The third-order valence-corrected chi connectivity index (χ3v) is 5.29. The third kappa shape index (κ3) is 4.02. The average molecular weight is 373 g/mol. The molecule has 2 aliphatic heterocycles. The lowest BCUT2D eigenvalue weighted by atomic mass is 10.0. The Morgan fingerprint density at radius 2 is 1.65 bits per heavy atom. The molecule has 2 heterocycles. The van der Waals surface area contributed by atoms with Gasteiger partial charge in [-0.3, -0.25) is 4.79 Å². The molecule has 138 valence electrons. The molecule has 1 N–H and O–H groups in total. The van der Waals surface area contributed by atoms with E-state index >= 15 is 0 Å². The van der Waals surface area contributed by atoms with Gasteiger partial charge in [-0.1, -0.05) is 48.5 Å². The Hall–Kier alpha value is -2.04. The smallest absolute Gasteiger partial charge is 0.226 e. The standard InChI is InChI=1S/C21H24N2O2.ClH/c24-21(23-14-17-12-22-13-18(17)15-23)10-11-25-20-9-5-4-8-19(20)16-6-2-1-3-7-16;/h1-9,17-18,22H,10-15H2;1H/t17-,18+;. The van der Waals surface area contributed by atoms with E-state index in [1.165, 1.54) is 0 Å². The van der Waals surface area contributed by atoms with Crippen LogP contribution in [0.15, 0.2) is 54.6 Å². The lowest BCUT2D eigenvalue weighted by molar-refractivity contribution is -0.130. The summed E-state index contributed by atoms with van der Waals surface area (Å²) in [6.07, 6.45) is 0.440. The Labute approximate surface area is 160 Å². The van der Waals surface area contributed by atoms with E-state index in [1.807, 2.05) is 41.3 Å². The van der Waals surface area contributed by atoms with Gasteiger partial charge in [0.2, 0.25) is 5.91 Å². The highest BCUT2D eigenvalue weighted by molar-refractivity contribution is 5.85. The van der Waals surface area contributed by atoms with E-state index in [1.54, 1.807) is 0 Å². The van der Waals surface area contributed by atoms with Gasteiger partial charge in [0.25, 0.3) is 0 Å². The maximum Gasteiger partial charge on any atom is 0.226 e. The fourth-order valence-corrected chi connectivity index (χ4v) is 3.91. The molecule has 2 aliphatic rings. The molecule has 26 heavy (non-hydrogen) atoms. The molecule has 5 heteroatoms. The van der Waals surface area contributed by atoms with Crippen molar-refractivity contribution in [1.29, 1.82) is 0 Å². The highest BCUT2D eigenvalue weighted by atomic mass is 35.5. The van der Waals surface area contributed by atoms with Crippen LogP contribution in [-0.4, -0.2) is 43.6 Å². The Kier molecular flexibility index (Phi) is 6.17. The van der Waals surface area contributed by atoms with Crippen LogP contribution >= 0.6 is 12.4 Å². The molecule has 1 amide bonds. The fraction of sp³-hybridized carbons (Fsp3) is 0.381. The largest absolute Gasteiger partial charge is 0.492 e. The number of para-hydroxylation sites is 1. The first kappa shape index (κ1) is 18.7. The molecule has 0 aliphatic carbocycles. The summed E-state index contributed by atoms with van der Waals surface area (Å²) in [6, 6.07) is 18.2. The zero-order chi connectivity index (χ0) is 17.1. The molecule has 2 saturated heterocycles. The van der Waals surface area contributed by atoms with Crippen LogP contribution in [0.25, 0.3) is 11.1 Å². The monoisotopic (exact) mass is 372 g/mol. The first-order chi connectivity index (χ1) is 12.3. The van der Waals surface area contributed by atoms with Crippen LogP contribution < -0.4 is 10.1 Å². The molecule has 0 spiro atoms. The number of hydrogen-bond acceptors (Lipinski definition) is 3. The van der Waals surface area contributed by atoms with E-state index in [9.17, 15) is 4.79 Å². The predicted molar refractivity (Wildman–Crippen MR) is 106 cm³/mol. The summed E-state index contributed by atoms with van der Waals surface area (Å²) in [5, 5.41) is 3.41. The molecule has 0 saturated carbocycles. The number of nitrogens with zero attached hydrogens (tertiary/aromatic N) is 1. The van der Waals surface area contributed by atoms with Crippen LogP contribution in [0.3, 0.4) is 0 Å². The predicted octanol–water partition coefficient (Wildman–Crippen LogP) is 3.22. The number of ether oxygens (including phenoxy) is 1. The fourth-order valence-electron chi connectivity index (χ4n) is 3.91. The molecule has 0 unspecified atom stereocenters. The molecular weight excluding hydrogens is 348 g/mol. The summed E-state index contributed by atoms with van der Waals surface area (Å²) in [4.78, 5) is 14.5. The quantitative estimate of drug-likeness (QED) is 0.876. The van der Waals surface area contributed by atoms with Gasteiger partial charge in [-0.25, -0.2) is 0 Å². The van der Waals surface area contributed by atoms with E-state index in [0.29, 0.717) is 24.9 Å². The van der Waals surface area contributed by atoms with Crippen molar-refractivity contribution < 1.29 is 9.53 Å². The van der Waals surface area contributed by atoms with E-state index in [4.69, 9.17) is 4.74 Å². The number of benzene rings is 2. The number of rotatable bonds is 5. The van der Waals surface area contributed by atoms with Gasteiger partial charge in [0, 0.05) is 31.7 Å². The first-order valence-electron chi connectivity index (χ1n) is 9.07. The Morgan fingerprint density at radius 1 is 1.00 bits per heavy atom. The van der Waals surface area contributed by atoms with Crippen molar-refractivity contribution in [2.24, 2.45) is 11.8 Å². The molecule has 2 aromatic rings. The summed E-state index contributed by atoms with van der Waals surface area (Å²) in [5.41, 5.74) is 2.20. The Bertz CT molecular complexity index is 726. The highest BCUT2D eigenvalue weighted by Crippen LogP contribution is 2.30. The number of nitrogens with one attached hydrogen (secondary N) is 1. The number of hydrogen-bond donors (Lipinski definition) is 1. The van der Waals surface area contributed by atoms with Crippen LogP contribution in [0.2, 0.25) is 0 Å². The van der Waals surface area contributed by atoms with Crippen molar-refractivity contribution in [3.05, 3.63) is 54.6 Å². The normalized spacial score (nSPS) is 21.2. The highest BCUT2D eigenvalue weighted by Gasteiger charge is 2.37. The van der Waals surface area contributed by atoms with Crippen molar-refractivity contribution in [2.45, 2.75) is 6.42 Å². The van der Waals surface area contributed by atoms with E-state index in [0.717, 1.165) is 43.1 Å². The van der Waals surface area contributed by atoms with Crippen molar-refractivity contribution in [3.8, 4) is 16.9 Å². The van der Waals surface area contributed by atoms with Gasteiger partial charge in [-0.05, 0) is 23.5 Å². The molecule has 2 fully saturated rings. The second-order valence-electron chi connectivity index (χ2n) is 6.94. The number of amides is 1. The molecule has 0 aromatic heterocycles. The zero-order valence-electron chi connectivity index (χ0n) is 14.8. The summed E-state index contributed by atoms with van der Waals surface area (Å²) >= 11 is 0. The van der Waals surface area contributed by atoms with Crippen molar-refractivity contribution in [3.63, 3.8) is 0 Å². The number of halogens is 1. The lowest BCUT2D eigenvalue weighted by Gasteiger charge is -2.18. The van der Waals surface area contributed by atoms with Gasteiger partial charge in [-0.15, -0.1) is 12.4 Å². The molecule has 4 nitrogen and oxygen atoms in total. The van der Waals surface area contributed by atoms with Crippen molar-refractivity contribution >= 4 is 18.3 Å². The minimum absolute atomic E-state index is 0. The Morgan fingerprint density at radius 3 is 2.38 bits per heavy atom. The number of carbonyl (C=O) groups excluding carboxylic acids is 1. The zero-order valence-corrected chi connectivity index (χ0v) is 15.6. The maximum atomic E-state index is 12.4. The van der Waals surface area contributed by atoms with Gasteiger partial charge in [0.05, 0.1) is 13.0 Å². The summed E-state index contributed by atoms with van der Waals surface area (Å²) in [5.74, 6) is 2.34. The van der Waals surface area contributed by atoms with Gasteiger partial charge in [0.1, 0.15) is 5.75 Å². The number of carbonyl (C=O) groups is 1. The number of likely N-dealkylation sites (tertiary alicyclic amines) is 1. The van der Waals surface area contributed by atoms with Gasteiger partial charge >= 0.3 is 0 Å². The van der Waals surface area contributed by atoms with Gasteiger partial charge in [0.15, 0.2) is 0 Å². The summed E-state index contributed by atoms with van der Waals surface area (Å²) < 4.78 is 5.96. The van der Waals surface area contributed by atoms with Gasteiger partial charge in [-0.2, -0.15) is 0 Å². The van der Waals surface area contributed by atoms with Crippen molar-refractivity contribution in [2.75, 3.05) is 32.8 Å². The SMILES string of the molecule is Cl.O=C(CCOc1ccccc1-c1ccccc1)N1C[C@H]2CNC[C@H]2C1. The second kappa shape index (κ2) is 8.56. The second-order valence-corrected chi connectivity index (χ2v) is 6.94. The summed E-state index contributed by atoms with van der Waals surface area (Å²) in [6.45, 7) is 4.33. The molecular formula is C21H25ClN2O2. The van der Waals surface area contributed by atoms with Crippen molar-refractivity contribution in [1.82, 2.24) is 10.2 Å². The Balaban J connectivity index is 0.00000196.